The molecule has 2 aliphatic heterocycles. The predicted molar refractivity (Wildman–Crippen MR) is 115 cm³/mol. The van der Waals surface area contributed by atoms with E-state index in [0.717, 1.165) is 31.3 Å². The van der Waals surface area contributed by atoms with Crippen LogP contribution in [0.5, 0.6) is 0 Å². The summed E-state index contributed by atoms with van der Waals surface area (Å²) in [5.74, 6) is 0.123. The number of rotatable bonds is 10. The van der Waals surface area contributed by atoms with Crippen LogP contribution < -0.4 is 0 Å². The van der Waals surface area contributed by atoms with Crippen molar-refractivity contribution in [2.24, 2.45) is 17.8 Å². The van der Waals surface area contributed by atoms with Crippen LogP contribution in [0, 0.1) is 17.8 Å². The lowest BCUT2D eigenvalue weighted by atomic mass is 9.86. The minimum absolute atomic E-state index is 0.0156. The van der Waals surface area contributed by atoms with Crippen molar-refractivity contribution in [3.8, 4) is 0 Å². The average Bonchev–Trinajstić information content (AvgIpc) is 3.31. The first-order chi connectivity index (χ1) is 13.6. The molecule has 5 nitrogen and oxygen atoms in total. The minimum Gasteiger partial charge on any atom is -0.481 e. The molecule has 2 fully saturated rings. The van der Waals surface area contributed by atoms with Gasteiger partial charge in [-0.1, -0.05) is 45.9 Å². The molecule has 0 saturated carbocycles. The van der Waals surface area contributed by atoms with E-state index in [1.807, 2.05) is 6.92 Å². The second kappa shape index (κ2) is 10.2. The van der Waals surface area contributed by atoms with Gasteiger partial charge < -0.3 is 19.7 Å². The molecule has 166 valence electrons. The van der Waals surface area contributed by atoms with E-state index in [1.165, 1.54) is 0 Å². The van der Waals surface area contributed by atoms with Crippen molar-refractivity contribution < 1.29 is 24.5 Å². The highest BCUT2D eigenvalue weighted by Gasteiger charge is 2.55. The number of carboxylic acid groups (broad SMARTS) is 1. The molecule has 0 spiro atoms. The molecule has 0 amide bonds. The molecular formula is C24H40O5. The predicted octanol–water partition coefficient (Wildman–Crippen LogP) is 4.74. The van der Waals surface area contributed by atoms with E-state index in [1.54, 1.807) is 0 Å². The summed E-state index contributed by atoms with van der Waals surface area (Å²) in [5.41, 5.74) is 0.992. The summed E-state index contributed by atoms with van der Waals surface area (Å²) in [5, 5.41) is 19.1. The Hall–Kier alpha value is -1.17. The standard InChI is InChI=1S/C24H40O5/c1-7-20(25)18(5)23-24(6,29-23)14-15(2)9-8-10-16(3)22-17(4)11-12-19(28-22)13-21(26)27/h8-10,15,17-20,22-23,25H,7,11-14H2,1-6H3,(H,26,27). The van der Waals surface area contributed by atoms with Gasteiger partial charge in [-0.15, -0.1) is 0 Å². The SMILES string of the molecule is CCC(O)C(C)C1OC1(C)CC(C)C=CC=C(C)C1OC(CC(=O)O)CCC1C. The fraction of sp³-hybridized carbons (Fsp3) is 0.792. The number of epoxide rings is 1. The van der Waals surface area contributed by atoms with E-state index in [2.05, 4.69) is 52.8 Å². The van der Waals surface area contributed by atoms with Crippen LogP contribution in [-0.2, 0) is 14.3 Å². The highest BCUT2D eigenvalue weighted by atomic mass is 16.6. The van der Waals surface area contributed by atoms with Crippen LogP contribution in [-0.4, -0.2) is 46.2 Å². The molecule has 0 aromatic heterocycles. The van der Waals surface area contributed by atoms with Crippen molar-refractivity contribution in [3.05, 3.63) is 23.8 Å². The molecule has 0 aromatic rings. The number of hydrogen-bond donors (Lipinski definition) is 2. The summed E-state index contributed by atoms with van der Waals surface area (Å²) in [6, 6.07) is 0. The molecule has 2 rings (SSSR count). The molecule has 5 heteroatoms. The van der Waals surface area contributed by atoms with Crippen LogP contribution in [0.3, 0.4) is 0 Å². The number of allylic oxidation sites excluding steroid dienone is 3. The fourth-order valence-electron chi connectivity index (χ4n) is 4.77. The fourth-order valence-corrected chi connectivity index (χ4v) is 4.77. The lowest BCUT2D eigenvalue weighted by Crippen LogP contribution is -2.35. The Balaban J connectivity index is 1.87. The lowest BCUT2D eigenvalue weighted by Gasteiger charge is -2.35. The van der Waals surface area contributed by atoms with Gasteiger partial charge in [0, 0.05) is 5.92 Å². The molecule has 8 unspecified atom stereocenters. The molecule has 0 aliphatic carbocycles. The average molecular weight is 409 g/mol. The van der Waals surface area contributed by atoms with Gasteiger partial charge in [-0.25, -0.2) is 0 Å². The van der Waals surface area contributed by atoms with Gasteiger partial charge >= 0.3 is 5.97 Å². The summed E-state index contributed by atoms with van der Waals surface area (Å²) in [4.78, 5) is 11.0. The molecule has 2 heterocycles. The summed E-state index contributed by atoms with van der Waals surface area (Å²) in [7, 11) is 0. The quantitative estimate of drug-likeness (QED) is 0.403. The zero-order chi connectivity index (χ0) is 21.8. The van der Waals surface area contributed by atoms with Crippen molar-refractivity contribution in [2.75, 3.05) is 0 Å². The van der Waals surface area contributed by atoms with Crippen molar-refractivity contribution >= 4 is 5.97 Å². The Kier molecular flexibility index (Phi) is 8.50. The lowest BCUT2D eigenvalue weighted by molar-refractivity contribution is -0.143. The molecule has 8 atom stereocenters. The topological polar surface area (TPSA) is 79.3 Å². The molecule has 2 N–H and O–H groups in total. The zero-order valence-electron chi connectivity index (χ0n) is 18.9. The third-order valence-electron chi connectivity index (χ3n) is 6.62. The van der Waals surface area contributed by atoms with Crippen molar-refractivity contribution in [1.82, 2.24) is 0 Å². The van der Waals surface area contributed by atoms with Gasteiger partial charge in [0.25, 0.3) is 0 Å². The third-order valence-corrected chi connectivity index (χ3v) is 6.62. The first kappa shape index (κ1) is 24.1. The first-order valence-electron chi connectivity index (χ1n) is 11.2. The normalized spacial score (nSPS) is 36.0. The van der Waals surface area contributed by atoms with Gasteiger partial charge in [0.05, 0.1) is 36.4 Å². The number of ether oxygens (including phenoxy) is 2. The van der Waals surface area contributed by atoms with Gasteiger partial charge in [-0.3, -0.25) is 4.79 Å². The largest absolute Gasteiger partial charge is 0.481 e. The van der Waals surface area contributed by atoms with Crippen molar-refractivity contribution in [3.63, 3.8) is 0 Å². The van der Waals surface area contributed by atoms with Crippen LogP contribution in [0.15, 0.2) is 23.8 Å². The molecule has 29 heavy (non-hydrogen) atoms. The van der Waals surface area contributed by atoms with E-state index in [4.69, 9.17) is 14.6 Å². The minimum atomic E-state index is -0.798. The van der Waals surface area contributed by atoms with E-state index < -0.39 is 5.97 Å². The van der Waals surface area contributed by atoms with Crippen LogP contribution in [0.2, 0.25) is 0 Å². The number of carboxylic acids is 1. The molecular weight excluding hydrogens is 368 g/mol. The summed E-state index contributed by atoms with van der Waals surface area (Å²) in [6.45, 7) is 12.6. The molecule has 2 saturated heterocycles. The first-order valence-corrected chi connectivity index (χ1v) is 11.2. The maximum Gasteiger partial charge on any atom is 0.305 e. The van der Waals surface area contributed by atoms with E-state index in [9.17, 15) is 9.90 Å². The number of hydrogen-bond acceptors (Lipinski definition) is 4. The third kappa shape index (κ3) is 6.66. The summed E-state index contributed by atoms with van der Waals surface area (Å²) in [6.07, 6.45) is 9.56. The number of carbonyl (C=O) groups is 1. The molecule has 0 aromatic carbocycles. The van der Waals surface area contributed by atoms with Crippen molar-refractivity contribution in [2.45, 2.75) is 104 Å². The summed E-state index contributed by atoms with van der Waals surface area (Å²) < 4.78 is 12.0. The second-order valence-corrected chi connectivity index (χ2v) is 9.49. The Morgan fingerprint density at radius 2 is 2.00 bits per heavy atom. The Morgan fingerprint density at radius 3 is 2.62 bits per heavy atom. The van der Waals surface area contributed by atoms with E-state index >= 15 is 0 Å². The van der Waals surface area contributed by atoms with Crippen LogP contribution in [0.4, 0.5) is 0 Å². The highest BCUT2D eigenvalue weighted by molar-refractivity contribution is 5.67. The Bertz CT molecular complexity index is 612. The Morgan fingerprint density at radius 1 is 1.31 bits per heavy atom. The molecule has 2 aliphatic rings. The zero-order valence-corrected chi connectivity index (χ0v) is 18.9. The van der Waals surface area contributed by atoms with Crippen LogP contribution >= 0.6 is 0 Å². The van der Waals surface area contributed by atoms with E-state index in [0.29, 0.717) is 11.8 Å². The summed E-state index contributed by atoms with van der Waals surface area (Å²) >= 11 is 0. The smallest absolute Gasteiger partial charge is 0.305 e. The van der Waals surface area contributed by atoms with Gasteiger partial charge in [-0.2, -0.15) is 0 Å². The van der Waals surface area contributed by atoms with Gasteiger partial charge in [0.1, 0.15) is 0 Å². The van der Waals surface area contributed by atoms with Crippen LogP contribution in [0.25, 0.3) is 0 Å². The van der Waals surface area contributed by atoms with Gasteiger partial charge in [0.2, 0.25) is 0 Å². The molecule has 0 bridgehead atoms. The maximum atomic E-state index is 11.0. The van der Waals surface area contributed by atoms with E-state index in [-0.39, 0.29) is 42.4 Å². The maximum absolute atomic E-state index is 11.0. The Labute approximate surface area is 176 Å². The monoisotopic (exact) mass is 408 g/mol. The van der Waals surface area contributed by atoms with Crippen LogP contribution in [0.1, 0.15) is 73.6 Å². The molecule has 0 radical (unpaired) electrons. The number of aliphatic carboxylic acids is 1. The van der Waals surface area contributed by atoms with Crippen molar-refractivity contribution in [1.29, 1.82) is 0 Å². The highest BCUT2D eigenvalue weighted by Crippen LogP contribution is 2.47. The van der Waals surface area contributed by atoms with Gasteiger partial charge in [-0.05, 0) is 56.9 Å². The second-order valence-electron chi connectivity index (χ2n) is 9.49. The van der Waals surface area contributed by atoms with Gasteiger partial charge in [0.15, 0.2) is 0 Å². The number of aliphatic hydroxyl groups excluding tert-OH is 1. The number of aliphatic hydroxyl groups is 1.